The quantitative estimate of drug-likeness (QED) is 0.431. The van der Waals surface area contributed by atoms with Crippen LogP contribution < -0.4 is 21.3 Å². The minimum absolute atomic E-state index is 0.218. The highest BCUT2D eigenvalue weighted by atomic mass is 16.2. The van der Waals surface area contributed by atoms with Gasteiger partial charge in [-0.1, -0.05) is 27.7 Å². The average Bonchev–Trinajstić information content (AvgIpc) is 2.84. The van der Waals surface area contributed by atoms with E-state index < -0.39 is 12.1 Å². The zero-order chi connectivity index (χ0) is 26.2. The Morgan fingerprint density at radius 1 is 0.778 bits per heavy atom. The molecule has 2 aliphatic rings. The van der Waals surface area contributed by atoms with E-state index in [1.165, 1.54) is 0 Å². The predicted octanol–water partition coefficient (Wildman–Crippen LogP) is 1.63. The molecule has 2 aromatic rings. The zero-order valence-corrected chi connectivity index (χ0v) is 20.9. The molecule has 0 aliphatic carbocycles. The van der Waals surface area contributed by atoms with Crippen molar-refractivity contribution in [2.75, 3.05) is 10.6 Å². The molecule has 0 bridgehead atoms. The lowest BCUT2D eigenvalue weighted by Gasteiger charge is -2.22. The summed E-state index contributed by atoms with van der Waals surface area (Å²) in [5.74, 6) is 1.59. The lowest BCUT2D eigenvalue weighted by atomic mass is 10.1. The van der Waals surface area contributed by atoms with Gasteiger partial charge < -0.3 is 10.6 Å². The van der Waals surface area contributed by atoms with Crippen LogP contribution in [0.3, 0.4) is 0 Å². The SMILES string of the molecule is CC(C)c1ncc(NC2CCC(=O)NC2=O)cn1.CC(C)c1nccc(NC2CCC(=O)NC2=O)n1. The van der Waals surface area contributed by atoms with Crippen molar-refractivity contribution in [3.63, 3.8) is 0 Å². The zero-order valence-electron chi connectivity index (χ0n) is 20.9. The van der Waals surface area contributed by atoms with Crippen LogP contribution in [0.25, 0.3) is 0 Å². The van der Waals surface area contributed by atoms with Gasteiger partial charge in [0.05, 0.1) is 18.1 Å². The van der Waals surface area contributed by atoms with E-state index >= 15 is 0 Å². The molecule has 12 nitrogen and oxygen atoms in total. The van der Waals surface area contributed by atoms with Gasteiger partial charge in [-0.2, -0.15) is 0 Å². The van der Waals surface area contributed by atoms with E-state index in [0.29, 0.717) is 37.2 Å². The topological polar surface area (TPSA) is 168 Å². The minimum Gasteiger partial charge on any atom is -0.371 e. The van der Waals surface area contributed by atoms with E-state index in [2.05, 4.69) is 41.2 Å². The van der Waals surface area contributed by atoms with Crippen LogP contribution in [-0.4, -0.2) is 55.6 Å². The third kappa shape index (κ3) is 7.52. The second-order valence-corrected chi connectivity index (χ2v) is 9.24. The van der Waals surface area contributed by atoms with E-state index in [9.17, 15) is 19.2 Å². The molecule has 2 fully saturated rings. The molecule has 0 spiro atoms. The summed E-state index contributed by atoms with van der Waals surface area (Å²) in [6.07, 6.45) is 6.68. The Hall–Kier alpha value is -3.96. The van der Waals surface area contributed by atoms with Crippen molar-refractivity contribution >= 4 is 35.1 Å². The molecule has 2 saturated heterocycles. The number of rotatable bonds is 6. The van der Waals surface area contributed by atoms with Gasteiger partial charge in [0.2, 0.25) is 23.6 Å². The van der Waals surface area contributed by atoms with Crippen LogP contribution in [0.15, 0.2) is 24.7 Å². The standard InChI is InChI=1S/2C12H16N4O2/c1-7(2)11-13-5-8(6-14-11)15-9-3-4-10(17)16-12(9)18;1-7(2)11-13-6-5-9(15-11)14-8-3-4-10(17)16-12(8)18/h5-7,9,15H,3-4H2,1-2H3,(H,16,17,18);5-8H,3-4H2,1-2H3,(H,13,14,15)(H,16,17,18). The normalized spacial score (nSPS) is 19.8. The first-order valence-electron chi connectivity index (χ1n) is 12.0. The Morgan fingerprint density at radius 2 is 1.31 bits per heavy atom. The van der Waals surface area contributed by atoms with Gasteiger partial charge >= 0.3 is 0 Å². The summed E-state index contributed by atoms with van der Waals surface area (Å²) >= 11 is 0. The molecular formula is C24H32N8O4. The molecule has 2 atom stereocenters. The summed E-state index contributed by atoms with van der Waals surface area (Å²) in [6, 6.07) is 0.920. The average molecular weight is 497 g/mol. The molecule has 4 rings (SSSR count). The Balaban J connectivity index is 0.000000201. The van der Waals surface area contributed by atoms with Gasteiger partial charge in [0.1, 0.15) is 29.6 Å². The van der Waals surface area contributed by atoms with Crippen LogP contribution in [0.5, 0.6) is 0 Å². The Bertz CT molecular complexity index is 1100. The maximum absolute atomic E-state index is 11.6. The number of anilines is 2. The lowest BCUT2D eigenvalue weighted by molar-refractivity contribution is -0.135. The highest BCUT2D eigenvalue weighted by Crippen LogP contribution is 2.15. The minimum atomic E-state index is -0.405. The molecule has 0 aromatic carbocycles. The molecule has 12 heteroatoms. The van der Waals surface area contributed by atoms with Gasteiger partial charge in [-0.15, -0.1) is 0 Å². The van der Waals surface area contributed by atoms with E-state index in [-0.39, 0.29) is 35.5 Å². The van der Waals surface area contributed by atoms with Crippen molar-refractivity contribution in [2.45, 2.75) is 77.3 Å². The number of nitrogens with one attached hydrogen (secondary N) is 4. The van der Waals surface area contributed by atoms with E-state index in [1.54, 1.807) is 24.7 Å². The molecule has 4 amide bonds. The van der Waals surface area contributed by atoms with Crippen molar-refractivity contribution in [3.05, 3.63) is 36.3 Å². The fraction of sp³-hybridized carbons (Fsp3) is 0.500. The van der Waals surface area contributed by atoms with Gasteiger partial charge in [0.25, 0.3) is 0 Å². The van der Waals surface area contributed by atoms with Crippen LogP contribution in [0.2, 0.25) is 0 Å². The van der Waals surface area contributed by atoms with Gasteiger partial charge in [0, 0.05) is 30.9 Å². The fourth-order valence-corrected chi connectivity index (χ4v) is 3.49. The molecule has 4 heterocycles. The van der Waals surface area contributed by atoms with E-state index in [0.717, 1.165) is 11.6 Å². The third-order valence-electron chi connectivity index (χ3n) is 5.52. The number of hydrogen-bond acceptors (Lipinski definition) is 10. The first-order chi connectivity index (χ1) is 17.1. The van der Waals surface area contributed by atoms with Crippen molar-refractivity contribution in [1.82, 2.24) is 30.6 Å². The van der Waals surface area contributed by atoms with Crippen LogP contribution in [0.4, 0.5) is 11.5 Å². The number of imide groups is 2. The number of piperidine rings is 2. The smallest absolute Gasteiger partial charge is 0.249 e. The van der Waals surface area contributed by atoms with E-state index in [4.69, 9.17) is 0 Å². The van der Waals surface area contributed by atoms with Gasteiger partial charge in [-0.25, -0.2) is 19.9 Å². The Kier molecular flexibility index (Phi) is 8.98. The number of nitrogens with zero attached hydrogens (tertiary/aromatic N) is 4. The first-order valence-corrected chi connectivity index (χ1v) is 12.0. The molecule has 192 valence electrons. The first kappa shape index (κ1) is 26.6. The third-order valence-corrected chi connectivity index (χ3v) is 5.52. The Labute approximate surface area is 209 Å². The van der Waals surface area contributed by atoms with Crippen LogP contribution >= 0.6 is 0 Å². The van der Waals surface area contributed by atoms with Gasteiger partial charge in [0.15, 0.2) is 0 Å². The molecule has 2 aliphatic heterocycles. The summed E-state index contributed by atoms with van der Waals surface area (Å²) in [5, 5.41) is 10.7. The second-order valence-electron chi connectivity index (χ2n) is 9.24. The summed E-state index contributed by atoms with van der Waals surface area (Å²) < 4.78 is 0. The monoisotopic (exact) mass is 496 g/mol. The van der Waals surface area contributed by atoms with Gasteiger partial charge in [-0.3, -0.25) is 29.8 Å². The number of aromatic nitrogens is 4. The molecular weight excluding hydrogens is 464 g/mol. The number of hydrogen-bond donors (Lipinski definition) is 4. The van der Waals surface area contributed by atoms with Crippen LogP contribution in [0, 0.1) is 0 Å². The lowest BCUT2D eigenvalue weighted by Crippen LogP contribution is -2.47. The molecule has 2 unspecified atom stereocenters. The van der Waals surface area contributed by atoms with E-state index in [1.807, 2.05) is 27.7 Å². The van der Waals surface area contributed by atoms with Gasteiger partial charge in [-0.05, 0) is 18.9 Å². The maximum atomic E-state index is 11.6. The summed E-state index contributed by atoms with van der Waals surface area (Å²) in [6.45, 7) is 8.04. The Morgan fingerprint density at radius 3 is 1.81 bits per heavy atom. The van der Waals surface area contributed by atoms with Crippen molar-refractivity contribution < 1.29 is 19.2 Å². The predicted molar refractivity (Wildman–Crippen MR) is 132 cm³/mol. The highest BCUT2D eigenvalue weighted by Gasteiger charge is 2.27. The molecule has 2 aromatic heterocycles. The van der Waals surface area contributed by atoms with Crippen molar-refractivity contribution in [1.29, 1.82) is 0 Å². The van der Waals surface area contributed by atoms with Crippen molar-refractivity contribution in [2.24, 2.45) is 0 Å². The fourth-order valence-electron chi connectivity index (χ4n) is 3.49. The molecule has 4 N–H and O–H groups in total. The number of carbonyl (C=O) groups is 4. The maximum Gasteiger partial charge on any atom is 0.249 e. The largest absolute Gasteiger partial charge is 0.371 e. The molecule has 0 radical (unpaired) electrons. The van der Waals surface area contributed by atoms with Crippen LogP contribution in [-0.2, 0) is 19.2 Å². The number of amides is 4. The summed E-state index contributed by atoms with van der Waals surface area (Å²) in [7, 11) is 0. The summed E-state index contributed by atoms with van der Waals surface area (Å²) in [4.78, 5) is 62.1. The second kappa shape index (κ2) is 12.1. The highest BCUT2D eigenvalue weighted by molar-refractivity contribution is 6.02. The molecule has 0 saturated carbocycles. The number of carbonyl (C=O) groups excluding carboxylic acids is 4. The van der Waals surface area contributed by atoms with Crippen molar-refractivity contribution in [3.8, 4) is 0 Å². The van der Waals surface area contributed by atoms with Crippen LogP contribution in [0.1, 0.15) is 76.9 Å². The molecule has 36 heavy (non-hydrogen) atoms. The summed E-state index contributed by atoms with van der Waals surface area (Å²) in [5.41, 5.74) is 0.689.